The third kappa shape index (κ3) is 15.4. The highest BCUT2D eigenvalue weighted by Crippen LogP contribution is 2.40. The van der Waals surface area contributed by atoms with Gasteiger partial charge in [-0.05, 0) is 66.7 Å². The Morgan fingerprint density at radius 3 is 1.75 bits per heavy atom. The van der Waals surface area contributed by atoms with Crippen molar-refractivity contribution in [1.29, 1.82) is 0 Å². The molecule has 1 aliphatic heterocycles. The van der Waals surface area contributed by atoms with Crippen LogP contribution in [0.2, 0.25) is 0 Å². The first-order valence-corrected chi connectivity index (χ1v) is 20.9. The van der Waals surface area contributed by atoms with Gasteiger partial charge in [-0.1, -0.05) is 167 Å². The van der Waals surface area contributed by atoms with Crippen LogP contribution in [-0.2, 0) is 35.6 Å². The van der Waals surface area contributed by atoms with Crippen LogP contribution in [0.5, 0.6) is 0 Å². The highest BCUT2D eigenvalue weighted by Gasteiger charge is 2.39. The Kier molecular flexibility index (Phi) is 20.1. The molecule has 52 heavy (non-hydrogen) atoms. The number of hydrogen-bond acceptors (Lipinski definition) is 6. The molecule has 1 aliphatic rings. The number of hydrogen-bond donors (Lipinski definition) is 0. The second-order valence-electron chi connectivity index (χ2n) is 16.1. The first kappa shape index (κ1) is 43.8. The first-order chi connectivity index (χ1) is 25.1. The number of carbonyl (C=O) groups is 2. The molecule has 0 aromatic heterocycles. The third-order valence-electron chi connectivity index (χ3n) is 11.1. The van der Waals surface area contributed by atoms with E-state index < -0.39 is 5.41 Å². The molecular formula is C45H71BO6. The summed E-state index contributed by atoms with van der Waals surface area (Å²) in [5.41, 5.74) is 2.65. The van der Waals surface area contributed by atoms with E-state index in [2.05, 4.69) is 46.8 Å². The van der Waals surface area contributed by atoms with Gasteiger partial charge in [-0.2, -0.15) is 0 Å². The number of ether oxygens (including phenoxy) is 2. The van der Waals surface area contributed by atoms with E-state index in [-0.39, 0.29) is 37.2 Å². The summed E-state index contributed by atoms with van der Waals surface area (Å²) >= 11 is 0. The van der Waals surface area contributed by atoms with Gasteiger partial charge in [0.05, 0.1) is 30.3 Å². The topological polar surface area (TPSA) is 71.1 Å². The summed E-state index contributed by atoms with van der Waals surface area (Å²) in [5, 5.41) is 0. The molecule has 2 aromatic carbocycles. The van der Waals surface area contributed by atoms with Gasteiger partial charge in [-0.25, -0.2) is 4.79 Å². The molecule has 0 radical (unpaired) electrons. The zero-order valence-electron chi connectivity index (χ0n) is 33.8. The summed E-state index contributed by atoms with van der Waals surface area (Å²) in [6.45, 7) is 14.1. The lowest BCUT2D eigenvalue weighted by Crippen LogP contribution is -2.36. The average molecular weight is 719 g/mol. The predicted molar refractivity (Wildman–Crippen MR) is 215 cm³/mol. The summed E-state index contributed by atoms with van der Waals surface area (Å²) in [5.74, 6) is -0.457. The van der Waals surface area contributed by atoms with Crippen molar-refractivity contribution in [1.82, 2.24) is 0 Å². The summed E-state index contributed by atoms with van der Waals surface area (Å²) in [6.07, 6.45) is 23.7. The fraction of sp³-hybridized carbons (Fsp3) is 0.689. The second-order valence-corrected chi connectivity index (χ2v) is 16.1. The molecule has 7 heteroatoms. The Balaban J connectivity index is 1.30. The van der Waals surface area contributed by atoms with Crippen molar-refractivity contribution in [2.75, 3.05) is 13.2 Å². The van der Waals surface area contributed by atoms with Gasteiger partial charge in [0.15, 0.2) is 0 Å². The van der Waals surface area contributed by atoms with Crippen LogP contribution in [-0.4, -0.2) is 38.4 Å². The Morgan fingerprint density at radius 1 is 0.712 bits per heavy atom. The van der Waals surface area contributed by atoms with E-state index in [1.807, 2.05) is 31.2 Å². The molecule has 2 unspecified atom stereocenters. The summed E-state index contributed by atoms with van der Waals surface area (Å²) in [7, 11) is -0.382. The lowest BCUT2D eigenvalue weighted by atomic mass is 9.69. The third-order valence-corrected chi connectivity index (χ3v) is 11.1. The van der Waals surface area contributed by atoms with Crippen LogP contribution < -0.4 is 5.46 Å². The number of rotatable bonds is 27. The molecule has 0 N–H and O–H groups in total. The summed E-state index contributed by atoms with van der Waals surface area (Å²) in [4.78, 5) is 26.0. The molecule has 0 aliphatic carbocycles. The monoisotopic (exact) mass is 719 g/mol. The van der Waals surface area contributed by atoms with E-state index in [1.54, 1.807) is 12.1 Å². The molecule has 0 bridgehead atoms. The van der Waals surface area contributed by atoms with Crippen LogP contribution in [0.4, 0.5) is 0 Å². The van der Waals surface area contributed by atoms with Crippen LogP contribution in [0.25, 0.3) is 0 Å². The molecule has 1 saturated heterocycles. The van der Waals surface area contributed by atoms with Crippen molar-refractivity contribution in [2.45, 2.75) is 182 Å². The number of carbonyl (C=O) groups excluding carboxylic acids is 2. The smallest absolute Gasteiger partial charge is 0.465 e. The zero-order chi connectivity index (χ0) is 37.7. The molecule has 1 fully saturated rings. The molecule has 3 rings (SSSR count). The highest BCUT2D eigenvalue weighted by molar-refractivity contribution is 6.61. The predicted octanol–water partition coefficient (Wildman–Crippen LogP) is 11.5. The van der Waals surface area contributed by atoms with Gasteiger partial charge in [0.25, 0.3) is 0 Å². The molecule has 290 valence electrons. The molecule has 0 amide bonds. The minimum atomic E-state index is -0.559. The van der Waals surface area contributed by atoms with Gasteiger partial charge in [-0.3, -0.25) is 4.79 Å². The molecule has 2 aromatic rings. The van der Waals surface area contributed by atoms with Gasteiger partial charge < -0.3 is 18.8 Å². The maximum atomic E-state index is 13.3. The van der Waals surface area contributed by atoms with Crippen LogP contribution in [0.1, 0.15) is 185 Å². The maximum absolute atomic E-state index is 13.3. The Bertz CT molecular complexity index is 1280. The van der Waals surface area contributed by atoms with Crippen molar-refractivity contribution in [3.05, 3.63) is 65.2 Å². The molecule has 0 spiro atoms. The molecular weight excluding hydrogens is 647 g/mol. The molecule has 1 heterocycles. The van der Waals surface area contributed by atoms with Crippen LogP contribution in [0, 0.1) is 5.41 Å². The van der Waals surface area contributed by atoms with Crippen molar-refractivity contribution >= 4 is 24.5 Å². The van der Waals surface area contributed by atoms with Gasteiger partial charge >= 0.3 is 19.1 Å². The first-order valence-electron chi connectivity index (χ1n) is 20.9. The summed E-state index contributed by atoms with van der Waals surface area (Å²) in [6, 6.07) is 15.4. The van der Waals surface area contributed by atoms with Crippen molar-refractivity contribution < 1.29 is 28.4 Å². The van der Waals surface area contributed by atoms with E-state index in [9.17, 15) is 9.59 Å². The van der Waals surface area contributed by atoms with Crippen molar-refractivity contribution in [3.8, 4) is 0 Å². The SMILES string of the molecule is CCCCCCCCCCCCCCCCCCOC(=O)C(C)(CC)CC(C)(C)c1ccc(COC(=O)c2ccc(B3OCC(CC)O3)cc2)cc1. The van der Waals surface area contributed by atoms with E-state index >= 15 is 0 Å². The maximum Gasteiger partial charge on any atom is 0.494 e. The number of benzene rings is 2. The summed E-state index contributed by atoms with van der Waals surface area (Å²) < 4.78 is 23.1. The van der Waals surface area contributed by atoms with Crippen LogP contribution >= 0.6 is 0 Å². The van der Waals surface area contributed by atoms with E-state index in [0.29, 0.717) is 25.2 Å². The van der Waals surface area contributed by atoms with E-state index in [1.165, 1.54) is 89.9 Å². The largest absolute Gasteiger partial charge is 0.494 e. The minimum absolute atomic E-state index is 0.0888. The van der Waals surface area contributed by atoms with E-state index in [0.717, 1.165) is 42.3 Å². The van der Waals surface area contributed by atoms with Crippen molar-refractivity contribution in [2.24, 2.45) is 5.41 Å². The van der Waals surface area contributed by atoms with Crippen LogP contribution in [0.3, 0.4) is 0 Å². The zero-order valence-corrected chi connectivity index (χ0v) is 33.8. The molecule has 0 saturated carbocycles. The van der Waals surface area contributed by atoms with Gasteiger partial charge in [-0.15, -0.1) is 0 Å². The second kappa shape index (κ2) is 23.9. The van der Waals surface area contributed by atoms with Crippen LogP contribution in [0.15, 0.2) is 48.5 Å². The van der Waals surface area contributed by atoms with Gasteiger partial charge in [0, 0.05) is 0 Å². The standard InChI is InChI=1S/C45H71BO6/c1-7-10-11-12-13-14-15-16-17-18-19-20-21-22-23-24-33-49-43(48)45(6,9-3)36-44(4,5)39-29-25-37(26-30-39)34-50-42(47)38-27-31-40(32-28-38)46-51-35-41(8-2)52-46/h25-32,41H,7-24,33-36H2,1-6H3. The number of esters is 2. The minimum Gasteiger partial charge on any atom is -0.465 e. The highest BCUT2D eigenvalue weighted by atomic mass is 16.6. The normalized spacial score (nSPS) is 15.8. The fourth-order valence-electron chi connectivity index (χ4n) is 7.31. The Hall–Kier alpha value is -2.64. The number of unbranched alkanes of at least 4 members (excludes halogenated alkanes) is 15. The molecule has 6 nitrogen and oxygen atoms in total. The quantitative estimate of drug-likeness (QED) is 0.0520. The Labute approximate surface area is 317 Å². The van der Waals surface area contributed by atoms with Crippen molar-refractivity contribution in [3.63, 3.8) is 0 Å². The van der Waals surface area contributed by atoms with Gasteiger partial charge in [0.2, 0.25) is 0 Å². The average Bonchev–Trinajstić information content (AvgIpc) is 3.64. The lowest BCUT2D eigenvalue weighted by molar-refractivity contribution is -0.156. The fourth-order valence-corrected chi connectivity index (χ4v) is 7.31. The lowest BCUT2D eigenvalue weighted by Gasteiger charge is -2.35. The van der Waals surface area contributed by atoms with E-state index in [4.69, 9.17) is 18.8 Å². The molecule has 2 atom stereocenters. The Morgan fingerprint density at radius 2 is 1.25 bits per heavy atom. The van der Waals surface area contributed by atoms with Gasteiger partial charge in [0.1, 0.15) is 6.61 Å².